The van der Waals surface area contributed by atoms with Crippen molar-refractivity contribution in [2.45, 2.75) is 78.7 Å². The van der Waals surface area contributed by atoms with Gasteiger partial charge in [0.05, 0.1) is 12.7 Å². The number of aliphatic hydroxyl groups is 1. The number of ether oxygens (including phenoxy) is 2. The van der Waals surface area contributed by atoms with E-state index < -0.39 is 36.1 Å². The van der Waals surface area contributed by atoms with E-state index in [9.17, 15) is 19.7 Å². The predicted molar refractivity (Wildman–Crippen MR) is 159 cm³/mol. The van der Waals surface area contributed by atoms with Crippen LogP contribution in [0.2, 0.25) is 0 Å². The normalized spacial score (nSPS) is 41.9. The van der Waals surface area contributed by atoms with Gasteiger partial charge in [-0.25, -0.2) is 4.79 Å². The number of carbonyl (C=O) groups excluding carboxylic acids is 2. The van der Waals surface area contributed by atoms with E-state index in [1.807, 2.05) is 38.1 Å². The Labute approximate surface area is 249 Å². The molecule has 1 aromatic carbocycles. The second kappa shape index (κ2) is 10.2. The average molecular weight is 580 g/mol. The number of fused-ring (bicyclic) bond motifs is 2. The predicted octanol–water partition coefficient (Wildman–Crippen LogP) is 3.11. The number of benzene rings is 1. The van der Waals surface area contributed by atoms with Gasteiger partial charge in [-0.1, -0.05) is 33.8 Å². The van der Waals surface area contributed by atoms with Crippen LogP contribution in [0.5, 0.6) is 5.75 Å². The molecule has 6 aliphatic rings. The third-order valence-electron chi connectivity index (χ3n) is 12.5. The highest BCUT2D eigenvalue weighted by molar-refractivity contribution is 6.61. The summed E-state index contributed by atoms with van der Waals surface area (Å²) >= 11 is 0. The zero-order valence-corrected chi connectivity index (χ0v) is 25.9. The van der Waals surface area contributed by atoms with E-state index in [0.29, 0.717) is 43.0 Å². The molecule has 5 bridgehead atoms. The summed E-state index contributed by atoms with van der Waals surface area (Å²) in [6.07, 6.45) is 3.37. The van der Waals surface area contributed by atoms with Gasteiger partial charge < -0.3 is 29.2 Å². The Morgan fingerprint density at radius 1 is 1.29 bits per heavy atom. The van der Waals surface area contributed by atoms with Crippen LogP contribution in [0.4, 0.5) is 0 Å². The van der Waals surface area contributed by atoms with Crippen LogP contribution in [-0.2, 0) is 32.1 Å². The summed E-state index contributed by atoms with van der Waals surface area (Å²) in [6, 6.07) is 3.63. The minimum atomic E-state index is -1.02. The highest BCUT2D eigenvalue weighted by Gasteiger charge is 2.79. The van der Waals surface area contributed by atoms with Gasteiger partial charge in [-0.3, -0.25) is 4.79 Å². The van der Waals surface area contributed by atoms with Gasteiger partial charge in [0.25, 0.3) is 0 Å². The summed E-state index contributed by atoms with van der Waals surface area (Å²) in [6.45, 7) is 13.4. The lowest BCUT2D eigenvalue weighted by molar-refractivity contribution is -0.322. The Morgan fingerprint density at radius 3 is 2.71 bits per heavy atom. The molecule has 7 rings (SSSR count). The number of esters is 1. The van der Waals surface area contributed by atoms with Crippen molar-refractivity contribution in [3.05, 3.63) is 35.9 Å². The zero-order valence-electron chi connectivity index (χ0n) is 25.9. The van der Waals surface area contributed by atoms with E-state index in [4.69, 9.17) is 14.1 Å². The number of ketones is 1. The Hall–Kier alpha value is -2.20. The first-order valence-electron chi connectivity index (χ1n) is 15.5. The minimum Gasteiger partial charge on any atom is -0.482 e. The van der Waals surface area contributed by atoms with Gasteiger partial charge in [0, 0.05) is 29.7 Å². The summed E-state index contributed by atoms with van der Waals surface area (Å²) in [5.74, 6) is 0.929. The molecular weight excluding hydrogens is 533 g/mol. The molecule has 0 radical (unpaired) electrons. The SMILES string of the molecule is C=C[C@]1(C)C[C@@H](OC(=O)COc2cc(CN(C)C)c3c(c2)B(O)OC3)[C@]2(C)[C@H](C)C[C@H]3C4C(=O)CC[C@@]3([C@@H](C)[C@@H]1O)[C@@H]42. The van der Waals surface area contributed by atoms with E-state index in [-0.39, 0.29) is 41.6 Å². The van der Waals surface area contributed by atoms with Gasteiger partial charge in [-0.15, -0.1) is 6.58 Å². The van der Waals surface area contributed by atoms with Crippen molar-refractivity contribution in [1.29, 1.82) is 0 Å². The van der Waals surface area contributed by atoms with Gasteiger partial charge in [-0.2, -0.15) is 0 Å². The van der Waals surface area contributed by atoms with Crippen LogP contribution < -0.4 is 10.2 Å². The number of carbonyl (C=O) groups is 2. The average Bonchev–Trinajstić information content (AvgIpc) is 3.32. The summed E-state index contributed by atoms with van der Waals surface area (Å²) < 4.78 is 17.8. The monoisotopic (exact) mass is 579 g/mol. The Bertz CT molecular complexity index is 1300. The highest BCUT2D eigenvalue weighted by atomic mass is 16.6. The van der Waals surface area contributed by atoms with Gasteiger partial charge >= 0.3 is 13.1 Å². The van der Waals surface area contributed by atoms with Crippen molar-refractivity contribution in [3.8, 4) is 5.75 Å². The molecule has 1 heterocycles. The van der Waals surface area contributed by atoms with E-state index in [1.165, 1.54) is 0 Å². The highest BCUT2D eigenvalue weighted by Crippen LogP contribution is 2.79. The fourth-order valence-electron chi connectivity index (χ4n) is 10.2. The molecular formula is C33H46BNO7. The molecule has 2 N–H and O–H groups in total. The molecule has 8 nitrogen and oxygen atoms in total. The molecule has 1 aromatic rings. The second-order valence-electron chi connectivity index (χ2n) is 14.7. The Balaban J connectivity index is 1.28. The van der Waals surface area contributed by atoms with Crippen molar-refractivity contribution < 1.29 is 33.8 Å². The first-order valence-corrected chi connectivity index (χ1v) is 15.5. The number of hydrogen-bond acceptors (Lipinski definition) is 8. The van der Waals surface area contributed by atoms with Crippen LogP contribution in [0.1, 0.15) is 64.5 Å². The number of hydrogen-bond donors (Lipinski definition) is 2. The third-order valence-corrected chi connectivity index (χ3v) is 12.5. The summed E-state index contributed by atoms with van der Waals surface area (Å²) in [4.78, 5) is 28.8. The lowest BCUT2D eigenvalue weighted by Gasteiger charge is -2.78. The molecule has 5 aliphatic carbocycles. The number of Topliss-reactive ketones (excluding diaryl/α,β-unsaturated/α-hetero) is 1. The lowest BCUT2D eigenvalue weighted by atomic mass is 9.25. The minimum absolute atomic E-state index is 0.0159. The topological polar surface area (TPSA) is 106 Å². The summed E-state index contributed by atoms with van der Waals surface area (Å²) in [5, 5.41) is 22.1. The van der Waals surface area contributed by atoms with Gasteiger partial charge in [-0.05, 0) is 91.2 Å². The maximum absolute atomic E-state index is 13.5. The van der Waals surface area contributed by atoms with Crippen LogP contribution in [0.25, 0.3) is 0 Å². The van der Waals surface area contributed by atoms with Crippen LogP contribution in [0.15, 0.2) is 24.8 Å². The van der Waals surface area contributed by atoms with Crippen LogP contribution in [0, 0.1) is 45.8 Å². The molecule has 1 aliphatic heterocycles. The third kappa shape index (κ3) is 4.10. The fourth-order valence-corrected chi connectivity index (χ4v) is 10.2. The largest absolute Gasteiger partial charge is 0.491 e. The first-order chi connectivity index (χ1) is 19.8. The van der Waals surface area contributed by atoms with Crippen molar-refractivity contribution >= 4 is 24.3 Å². The van der Waals surface area contributed by atoms with Gasteiger partial charge in [0.1, 0.15) is 17.6 Å². The quantitative estimate of drug-likeness (QED) is 0.289. The first kappa shape index (κ1) is 29.9. The molecule has 5 saturated carbocycles. The molecule has 9 heteroatoms. The molecule has 228 valence electrons. The summed E-state index contributed by atoms with van der Waals surface area (Å²) in [7, 11) is 2.91. The number of rotatable bonds is 7. The molecule has 0 saturated heterocycles. The molecule has 10 atom stereocenters. The van der Waals surface area contributed by atoms with Gasteiger partial charge in [0.15, 0.2) is 6.61 Å². The van der Waals surface area contributed by atoms with Crippen molar-refractivity contribution in [1.82, 2.24) is 4.90 Å². The molecule has 1 spiro atoms. The smallest absolute Gasteiger partial charge is 0.482 e. The maximum Gasteiger partial charge on any atom is 0.491 e. The summed E-state index contributed by atoms with van der Waals surface area (Å²) in [5.41, 5.74) is 1.37. The number of nitrogens with zero attached hydrogens (tertiary/aromatic N) is 1. The van der Waals surface area contributed by atoms with E-state index in [0.717, 1.165) is 24.0 Å². The van der Waals surface area contributed by atoms with Crippen LogP contribution >= 0.6 is 0 Å². The molecule has 42 heavy (non-hydrogen) atoms. The number of aliphatic hydroxyl groups excluding tert-OH is 1. The molecule has 1 unspecified atom stereocenters. The van der Waals surface area contributed by atoms with Crippen LogP contribution in [-0.4, -0.2) is 66.8 Å². The van der Waals surface area contributed by atoms with Crippen molar-refractivity contribution in [2.75, 3.05) is 20.7 Å². The van der Waals surface area contributed by atoms with E-state index in [1.54, 1.807) is 6.07 Å². The van der Waals surface area contributed by atoms with Crippen molar-refractivity contribution in [3.63, 3.8) is 0 Å². The van der Waals surface area contributed by atoms with E-state index in [2.05, 4.69) is 27.4 Å². The fraction of sp³-hybridized carbons (Fsp3) is 0.697. The van der Waals surface area contributed by atoms with Crippen LogP contribution in [0.3, 0.4) is 0 Å². The molecule has 5 fully saturated rings. The Morgan fingerprint density at radius 2 is 2.02 bits per heavy atom. The van der Waals surface area contributed by atoms with E-state index >= 15 is 0 Å². The molecule has 0 aromatic heterocycles. The lowest BCUT2D eigenvalue weighted by Crippen LogP contribution is -2.78. The maximum atomic E-state index is 13.5. The molecule has 0 amide bonds. The standard InChI is InChI=1S/C33H46BNO7/c1-8-31(4)14-26(32(5)18(2)11-23-28-25(36)9-10-33(23,29(28)32)19(3)30(31)38)42-27(37)17-40-21-12-20(15-35(6)7)22-16-41-34(39)24(22)13-21/h8,12-13,18-19,23,26,28-30,38-39H,1,9-11,14-17H2,2-7H3/t18-,19+,23+,26-,28?,29+,30+,31-,32+,33+/m1/s1. The van der Waals surface area contributed by atoms with Gasteiger partial charge in [0.2, 0.25) is 0 Å². The zero-order chi connectivity index (χ0) is 30.4. The Kier molecular flexibility index (Phi) is 7.24. The second-order valence-corrected chi connectivity index (χ2v) is 14.7. The van der Waals surface area contributed by atoms with Crippen molar-refractivity contribution in [2.24, 2.45) is 45.8 Å².